The lowest BCUT2D eigenvalue weighted by Crippen LogP contribution is -1.92. The van der Waals surface area contributed by atoms with Crippen LogP contribution in [0.1, 0.15) is 12.0 Å². The Labute approximate surface area is 85.9 Å². The number of halogens is 3. The van der Waals surface area contributed by atoms with Gasteiger partial charge in [-0.15, -0.1) is 0 Å². The van der Waals surface area contributed by atoms with Gasteiger partial charge in [-0.3, -0.25) is 0 Å². The summed E-state index contributed by atoms with van der Waals surface area (Å²) in [5.41, 5.74) is 0.0469. The van der Waals surface area contributed by atoms with Crippen LogP contribution in [0.5, 0.6) is 0 Å². The fourth-order valence-corrected chi connectivity index (χ4v) is 1.10. The van der Waals surface area contributed by atoms with Crippen LogP contribution in [0.2, 0.25) is 0 Å². The Morgan fingerprint density at radius 1 is 1.14 bits per heavy atom. The van der Waals surface area contributed by atoms with Crippen molar-refractivity contribution >= 4 is 18.7 Å². The number of thiol groups is 1. The maximum Gasteiger partial charge on any atom is 0.195 e. The van der Waals surface area contributed by atoms with E-state index in [4.69, 9.17) is 0 Å². The van der Waals surface area contributed by atoms with Gasteiger partial charge < -0.3 is 0 Å². The second-order valence-electron chi connectivity index (χ2n) is 2.68. The quantitative estimate of drug-likeness (QED) is 0.583. The lowest BCUT2D eigenvalue weighted by atomic mass is 10.2. The molecule has 0 aliphatic rings. The Kier molecular flexibility index (Phi) is 4.07. The third-order valence-electron chi connectivity index (χ3n) is 1.66. The topological polar surface area (TPSA) is 0 Å². The van der Waals surface area contributed by atoms with Crippen molar-refractivity contribution in [3.8, 4) is 0 Å². The molecule has 0 aliphatic heterocycles. The molecule has 1 aromatic carbocycles. The van der Waals surface area contributed by atoms with Gasteiger partial charge in [-0.25, -0.2) is 13.2 Å². The van der Waals surface area contributed by atoms with Crippen LogP contribution in [0, 0.1) is 17.5 Å². The van der Waals surface area contributed by atoms with Crippen LogP contribution >= 0.6 is 12.6 Å². The van der Waals surface area contributed by atoms with E-state index in [0.29, 0.717) is 12.2 Å². The summed E-state index contributed by atoms with van der Waals surface area (Å²) in [7, 11) is 0. The van der Waals surface area contributed by atoms with Crippen molar-refractivity contribution in [3.05, 3.63) is 41.2 Å². The summed E-state index contributed by atoms with van der Waals surface area (Å²) in [4.78, 5) is 0. The van der Waals surface area contributed by atoms with Crippen LogP contribution in [0.4, 0.5) is 13.2 Å². The average molecular weight is 218 g/mol. The van der Waals surface area contributed by atoms with Crippen molar-refractivity contribution in [2.45, 2.75) is 6.42 Å². The Morgan fingerprint density at radius 2 is 1.86 bits per heavy atom. The zero-order chi connectivity index (χ0) is 10.6. The molecule has 0 N–H and O–H groups in total. The third-order valence-corrected chi connectivity index (χ3v) is 1.92. The molecule has 0 unspecified atom stereocenters. The Morgan fingerprint density at radius 3 is 2.50 bits per heavy atom. The molecular weight excluding hydrogens is 209 g/mol. The number of rotatable bonds is 3. The van der Waals surface area contributed by atoms with Gasteiger partial charge in [-0.2, -0.15) is 12.6 Å². The molecule has 0 nitrogen and oxygen atoms in total. The maximum atomic E-state index is 13.0. The standard InChI is InChI=1S/C10H9F3S/c11-8-5-4-7(3-1-2-6-14)9(12)10(8)13/h1,3-5,14H,2,6H2. The number of benzene rings is 1. The second-order valence-corrected chi connectivity index (χ2v) is 3.13. The van der Waals surface area contributed by atoms with Gasteiger partial charge in [-0.05, 0) is 24.3 Å². The molecule has 0 radical (unpaired) electrons. The summed E-state index contributed by atoms with van der Waals surface area (Å²) >= 11 is 3.95. The fourth-order valence-electron chi connectivity index (χ4n) is 0.954. The zero-order valence-electron chi connectivity index (χ0n) is 7.30. The molecule has 0 atom stereocenters. The predicted octanol–water partition coefficient (Wildman–Crippen LogP) is 3.44. The van der Waals surface area contributed by atoms with E-state index in [2.05, 4.69) is 12.6 Å². The van der Waals surface area contributed by atoms with Crippen molar-refractivity contribution in [2.24, 2.45) is 0 Å². The Balaban J connectivity index is 2.94. The van der Waals surface area contributed by atoms with Crippen LogP contribution < -0.4 is 0 Å². The molecule has 76 valence electrons. The van der Waals surface area contributed by atoms with Crippen molar-refractivity contribution in [1.82, 2.24) is 0 Å². The molecule has 0 spiro atoms. The fraction of sp³-hybridized carbons (Fsp3) is 0.200. The van der Waals surface area contributed by atoms with Gasteiger partial charge in [0.1, 0.15) is 0 Å². The van der Waals surface area contributed by atoms with Crippen molar-refractivity contribution in [2.75, 3.05) is 5.75 Å². The Hall–Kier alpha value is -0.900. The summed E-state index contributed by atoms with van der Waals surface area (Å²) in [5, 5.41) is 0. The van der Waals surface area contributed by atoms with Gasteiger partial charge in [0.05, 0.1) is 0 Å². The first-order valence-electron chi connectivity index (χ1n) is 4.07. The minimum absolute atomic E-state index is 0.0469. The van der Waals surface area contributed by atoms with E-state index in [0.717, 1.165) is 6.07 Å². The SMILES string of the molecule is Fc1ccc(C=CCCS)c(F)c1F. The number of allylic oxidation sites excluding steroid dienone is 1. The summed E-state index contributed by atoms with van der Waals surface area (Å²) < 4.78 is 38.2. The van der Waals surface area contributed by atoms with Crippen LogP contribution in [-0.4, -0.2) is 5.75 Å². The van der Waals surface area contributed by atoms with Crippen molar-refractivity contribution in [1.29, 1.82) is 0 Å². The monoisotopic (exact) mass is 218 g/mol. The highest BCUT2D eigenvalue weighted by Gasteiger charge is 2.10. The summed E-state index contributed by atoms with van der Waals surface area (Å²) in [5.74, 6) is -3.13. The molecule has 0 bridgehead atoms. The smallest absolute Gasteiger partial charge is 0.195 e. The third kappa shape index (κ3) is 2.54. The molecule has 0 aromatic heterocycles. The molecule has 1 rings (SSSR count). The summed E-state index contributed by atoms with van der Waals surface area (Å²) in [6.07, 6.45) is 3.72. The lowest BCUT2D eigenvalue weighted by Gasteiger charge is -1.98. The largest absolute Gasteiger partial charge is 0.204 e. The Bertz CT molecular complexity index is 347. The van der Waals surface area contributed by atoms with Gasteiger partial charge in [0.25, 0.3) is 0 Å². The molecule has 0 amide bonds. The first kappa shape index (κ1) is 11.2. The van der Waals surface area contributed by atoms with Gasteiger partial charge >= 0.3 is 0 Å². The summed E-state index contributed by atoms with van der Waals surface area (Å²) in [6, 6.07) is 2.10. The van der Waals surface area contributed by atoms with Gasteiger partial charge in [0.15, 0.2) is 17.5 Å². The molecule has 0 fully saturated rings. The van der Waals surface area contributed by atoms with Crippen LogP contribution in [-0.2, 0) is 0 Å². The van der Waals surface area contributed by atoms with Gasteiger partial charge in [-0.1, -0.05) is 12.2 Å². The van der Waals surface area contributed by atoms with Gasteiger partial charge in [0, 0.05) is 5.56 Å². The second kappa shape index (κ2) is 5.10. The normalized spacial score (nSPS) is 11.1. The van der Waals surface area contributed by atoms with E-state index >= 15 is 0 Å². The van der Waals surface area contributed by atoms with Gasteiger partial charge in [0.2, 0.25) is 0 Å². The zero-order valence-corrected chi connectivity index (χ0v) is 8.20. The van der Waals surface area contributed by atoms with E-state index < -0.39 is 17.5 Å². The molecule has 4 heteroatoms. The first-order chi connectivity index (χ1) is 6.66. The molecule has 0 saturated carbocycles. The minimum Gasteiger partial charge on any atom is -0.204 e. The highest BCUT2D eigenvalue weighted by Crippen LogP contribution is 2.16. The molecule has 14 heavy (non-hydrogen) atoms. The molecule has 0 heterocycles. The maximum absolute atomic E-state index is 13.0. The number of hydrogen-bond donors (Lipinski definition) is 1. The average Bonchev–Trinajstić information content (AvgIpc) is 2.18. The summed E-state index contributed by atoms with van der Waals surface area (Å²) in [6.45, 7) is 0. The first-order valence-corrected chi connectivity index (χ1v) is 4.71. The van der Waals surface area contributed by atoms with Crippen molar-refractivity contribution < 1.29 is 13.2 Å². The highest BCUT2D eigenvalue weighted by atomic mass is 32.1. The van der Waals surface area contributed by atoms with E-state index in [1.807, 2.05) is 0 Å². The van der Waals surface area contributed by atoms with Crippen LogP contribution in [0.3, 0.4) is 0 Å². The lowest BCUT2D eigenvalue weighted by molar-refractivity contribution is 0.446. The number of hydrogen-bond acceptors (Lipinski definition) is 1. The molecular formula is C10H9F3S. The molecule has 0 saturated heterocycles. The minimum atomic E-state index is -1.43. The van der Waals surface area contributed by atoms with E-state index in [1.54, 1.807) is 6.08 Å². The van der Waals surface area contributed by atoms with Crippen molar-refractivity contribution in [3.63, 3.8) is 0 Å². The molecule has 0 aliphatic carbocycles. The van der Waals surface area contributed by atoms with E-state index in [9.17, 15) is 13.2 Å². The molecule has 1 aromatic rings. The van der Waals surface area contributed by atoms with E-state index in [1.165, 1.54) is 12.1 Å². The van der Waals surface area contributed by atoms with Crippen LogP contribution in [0.25, 0.3) is 6.08 Å². The predicted molar refractivity (Wildman–Crippen MR) is 53.8 cm³/mol. The van der Waals surface area contributed by atoms with E-state index in [-0.39, 0.29) is 5.56 Å². The highest BCUT2D eigenvalue weighted by molar-refractivity contribution is 7.80. The van der Waals surface area contributed by atoms with Crippen LogP contribution in [0.15, 0.2) is 18.2 Å².